The summed E-state index contributed by atoms with van der Waals surface area (Å²) < 4.78 is 0. The third kappa shape index (κ3) is 3.93. The molecule has 0 aromatic heterocycles. The second-order valence-corrected chi connectivity index (χ2v) is 5.61. The minimum absolute atomic E-state index is 0.674. The van der Waals surface area contributed by atoms with Crippen molar-refractivity contribution >= 4 is 0 Å². The molecule has 1 aliphatic rings. The second-order valence-electron chi connectivity index (χ2n) is 5.61. The maximum atomic E-state index is 3.90. The summed E-state index contributed by atoms with van der Waals surface area (Å²) in [7, 11) is 0. The third-order valence-corrected chi connectivity index (χ3v) is 4.28. The van der Waals surface area contributed by atoms with Crippen LogP contribution in [0, 0.1) is 17.8 Å². The highest BCUT2D eigenvalue weighted by molar-refractivity contribution is 4.87. The van der Waals surface area contributed by atoms with Gasteiger partial charge >= 0.3 is 0 Å². The second kappa shape index (κ2) is 7.11. The Morgan fingerprint density at radius 1 is 1.31 bits per heavy atom. The van der Waals surface area contributed by atoms with Gasteiger partial charge in [0, 0.05) is 6.04 Å². The molecule has 1 nitrogen and oxygen atoms in total. The van der Waals surface area contributed by atoms with E-state index in [9.17, 15) is 0 Å². The molecule has 1 saturated carbocycles. The molecule has 0 heterocycles. The van der Waals surface area contributed by atoms with Crippen LogP contribution in [0.15, 0.2) is 12.7 Å². The smallest absolute Gasteiger partial charge is 0.0130 e. The number of hydrogen-bond acceptors (Lipinski definition) is 1. The minimum Gasteiger partial charge on any atom is -0.313 e. The Kier molecular flexibility index (Phi) is 6.12. The van der Waals surface area contributed by atoms with Crippen molar-refractivity contribution in [3.8, 4) is 0 Å². The molecule has 1 fully saturated rings. The van der Waals surface area contributed by atoms with Gasteiger partial charge in [-0.3, -0.25) is 0 Å². The van der Waals surface area contributed by atoms with Crippen LogP contribution in [0.3, 0.4) is 0 Å². The lowest BCUT2D eigenvalue weighted by atomic mass is 9.72. The molecule has 0 amide bonds. The van der Waals surface area contributed by atoms with Crippen LogP contribution in [0.5, 0.6) is 0 Å². The fourth-order valence-electron chi connectivity index (χ4n) is 2.91. The summed E-state index contributed by atoms with van der Waals surface area (Å²) in [6.45, 7) is 12.1. The largest absolute Gasteiger partial charge is 0.313 e. The van der Waals surface area contributed by atoms with Gasteiger partial charge in [0.2, 0.25) is 0 Å². The Morgan fingerprint density at radius 3 is 2.62 bits per heavy atom. The van der Waals surface area contributed by atoms with Crippen LogP contribution in [0.25, 0.3) is 0 Å². The van der Waals surface area contributed by atoms with E-state index in [4.69, 9.17) is 0 Å². The van der Waals surface area contributed by atoms with E-state index in [0.29, 0.717) is 6.04 Å². The minimum atomic E-state index is 0.674. The van der Waals surface area contributed by atoms with Crippen molar-refractivity contribution in [3.63, 3.8) is 0 Å². The van der Waals surface area contributed by atoms with Crippen molar-refractivity contribution in [1.82, 2.24) is 5.32 Å². The summed E-state index contributed by atoms with van der Waals surface area (Å²) in [5.41, 5.74) is 0. The van der Waals surface area contributed by atoms with Gasteiger partial charge in [0.25, 0.3) is 0 Å². The SMILES string of the molecule is C=CCC(NCCC)C1CCC(C)C(C)C1. The highest BCUT2D eigenvalue weighted by atomic mass is 14.9. The lowest BCUT2D eigenvalue weighted by Gasteiger charge is -2.37. The first-order valence-corrected chi connectivity index (χ1v) is 7.03. The number of hydrogen-bond donors (Lipinski definition) is 1. The van der Waals surface area contributed by atoms with Crippen LogP contribution in [0.2, 0.25) is 0 Å². The highest BCUT2D eigenvalue weighted by Crippen LogP contribution is 2.35. The van der Waals surface area contributed by atoms with Crippen molar-refractivity contribution in [2.75, 3.05) is 6.54 Å². The summed E-state index contributed by atoms with van der Waals surface area (Å²) >= 11 is 0. The molecule has 94 valence electrons. The molecule has 1 aliphatic carbocycles. The first-order valence-electron chi connectivity index (χ1n) is 7.03. The average molecular weight is 223 g/mol. The molecule has 0 saturated heterocycles. The third-order valence-electron chi connectivity index (χ3n) is 4.28. The topological polar surface area (TPSA) is 12.0 Å². The molecule has 0 aromatic rings. The van der Waals surface area contributed by atoms with Crippen LogP contribution in [0.4, 0.5) is 0 Å². The fourth-order valence-corrected chi connectivity index (χ4v) is 2.91. The summed E-state index contributed by atoms with van der Waals surface area (Å²) in [4.78, 5) is 0. The van der Waals surface area contributed by atoms with Crippen molar-refractivity contribution < 1.29 is 0 Å². The molecule has 4 unspecified atom stereocenters. The summed E-state index contributed by atoms with van der Waals surface area (Å²) in [5.74, 6) is 2.69. The summed E-state index contributed by atoms with van der Waals surface area (Å²) in [5, 5.41) is 3.70. The summed E-state index contributed by atoms with van der Waals surface area (Å²) in [6, 6.07) is 0.674. The molecule has 0 aliphatic heterocycles. The van der Waals surface area contributed by atoms with Gasteiger partial charge in [-0.25, -0.2) is 0 Å². The molecule has 16 heavy (non-hydrogen) atoms. The molecule has 4 atom stereocenters. The van der Waals surface area contributed by atoms with E-state index in [1.165, 1.54) is 25.7 Å². The lowest BCUT2D eigenvalue weighted by Crippen LogP contribution is -2.39. The van der Waals surface area contributed by atoms with Gasteiger partial charge in [0.15, 0.2) is 0 Å². The van der Waals surface area contributed by atoms with Gasteiger partial charge in [0.1, 0.15) is 0 Å². The quantitative estimate of drug-likeness (QED) is 0.671. The fraction of sp³-hybridized carbons (Fsp3) is 0.867. The first-order chi connectivity index (χ1) is 7.69. The molecular formula is C15H29N. The molecule has 0 spiro atoms. The van der Waals surface area contributed by atoms with Gasteiger partial charge in [-0.1, -0.05) is 33.3 Å². The first kappa shape index (κ1) is 13.8. The maximum absolute atomic E-state index is 3.90. The van der Waals surface area contributed by atoms with E-state index < -0.39 is 0 Å². The molecule has 1 N–H and O–H groups in total. The average Bonchev–Trinajstić information content (AvgIpc) is 2.28. The van der Waals surface area contributed by atoms with E-state index >= 15 is 0 Å². The van der Waals surface area contributed by atoms with Crippen LogP contribution in [0.1, 0.15) is 52.9 Å². The van der Waals surface area contributed by atoms with Crippen LogP contribution >= 0.6 is 0 Å². The van der Waals surface area contributed by atoms with Crippen LogP contribution in [-0.2, 0) is 0 Å². The number of nitrogens with one attached hydrogen (secondary N) is 1. The van der Waals surface area contributed by atoms with Gasteiger partial charge in [-0.05, 0) is 50.0 Å². The zero-order valence-corrected chi connectivity index (χ0v) is 11.3. The van der Waals surface area contributed by atoms with Crippen molar-refractivity contribution in [3.05, 3.63) is 12.7 Å². The van der Waals surface area contributed by atoms with Crippen LogP contribution in [-0.4, -0.2) is 12.6 Å². The predicted octanol–water partition coefficient (Wildman–Crippen LogP) is 4.00. The molecule has 1 rings (SSSR count). The monoisotopic (exact) mass is 223 g/mol. The van der Waals surface area contributed by atoms with E-state index in [1.807, 2.05) is 0 Å². The van der Waals surface area contributed by atoms with E-state index in [2.05, 4.69) is 38.7 Å². The molecule has 0 aromatic carbocycles. The lowest BCUT2D eigenvalue weighted by molar-refractivity contribution is 0.171. The Morgan fingerprint density at radius 2 is 2.06 bits per heavy atom. The maximum Gasteiger partial charge on any atom is 0.0130 e. The van der Waals surface area contributed by atoms with Gasteiger partial charge in [-0.15, -0.1) is 6.58 Å². The summed E-state index contributed by atoms with van der Waals surface area (Å²) in [6.07, 6.45) is 8.65. The van der Waals surface area contributed by atoms with Gasteiger partial charge in [-0.2, -0.15) is 0 Å². The molecular weight excluding hydrogens is 194 g/mol. The highest BCUT2D eigenvalue weighted by Gasteiger charge is 2.29. The molecule has 1 heteroatoms. The molecule has 0 radical (unpaired) electrons. The van der Waals surface area contributed by atoms with Crippen molar-refractivity contribution in [2.45, 2.75) is 58.9 Å². The Balaban J connectivity index is 2.46. The zero-order chi connectivity index (χ0) is 12.0. The Labute approximate surface area is 102 Å². The normalized spacial score (nSPS) is 32.3. The van der Waals surface area contributed by atoms with Crippen molar-refractivity contribution in [1.29, 1.82) is 0 Å². The van der Waals surface area contributed by atoms with Crippen molar-refractivity contribution in [2.24, 2.45) is 17.8 Å². The van der Waals surface area contributed by atoms with E-state index in [-0.39, 0.29) is 0 Å². The van der Waals surface area contributed by atoms with E-state index in [0.717, 1.165) is 30.7 Å². The van der Waals surface area contributed by atoms with Crippen LogP contribution < -0.4 is 5.32 Å². The van der Waals surface area contributed by atoms with E-state index in [1.54, 1.807) is 0 Å². The number of rotatable bonds is 6. The molecule has 0 bridgehead atoms. The predicted molar refractivity (Wildman–Crippen MR) is 72.6 cm³/mol. The van der Waals surface area contributed by atoms with Gasteiger partial charge < -0.3 is 5.32 Å². The Bertz CT molecular complexity index is 200. The Hall–Kier alpha value is -0.300. The van der Waals surface area contributed by atoms with Gasteiger partial charge in [0.05, 0.1) is 0 Å². The zero-order valence-electron chi connectivity index (χ0n) is 11.3. The standard InChI is InChI=1S/C15H29N/c1-5-7-15(16-10-6-2)14-9-8-12(3)13(4)11-14/h5,12-16H,1,6-11H2,2-4H3.